The number of pyridine rings is 1. The zero-order chi connectivity index (χ0) is 14.3. The number of anilines is 1. The largest absolute Gasteiger partial charge is 0.369 e. The summed E-state index contributed by atoms with van der Waals surface area (Å²) in [5.41, 5.74) is 8.19. The molecule has 0 radical (unpaired) electrons. The molecule has 1 aromatic carbocycles. The number of aryl methyl sites for hydroxylation is 1. The summed E-state index contributed by atoms with van der Waals surface area (Å²) in [7, 11) is 0. The van der Waals surface area contributed by atoms with Crippen LogP contribution in [0.5, 0.6) is 0 Å². The fraction of sp³-hybridized carbons (Fsp3) is 0.143. The van der Waals surface area contributed by atoms with Crippen LogP contribution in [0, 0.1) is 18.6 Å². The number of halogens is 2. The first-order valence-electron chi connectivity index (χ1n) is 6.07. The van der Waals surface area contributed by atoms with Gasteiger partial charge in [0.05, 0.1) is 6.54 Å². The van der Waals surface area contributed by atoms with E-state index in [0.29, 0.717) is 11.2 Å². The van der Waals surface area contributed by atoms with E-state index in [-0.39, 0.29) is 18.1 Å². The Morgan fingerprint density at radius 1 is 1.25 bits per heavy atom. The zero-order valence-corrected chi connectivity index (χ0v) is 10.8. The molecule has 6 heteroatoms. The Labute approximate surface area is 113 Å². The van der Waals surface area contributed by atoms with Crippen LogP contribution in [-0.2, 0) is 6.54 Å². The first-order valence-corrected chi connectivity index (χ1v) is 6.07. The van der Waals surface area contributed by atoms with Crippen molar-refractivity contribution in [2.45, 2.75) is 13.5 Å². The number of nitrogens with zero attached hydrogens (tertiary/aromatic N) is 3. The van der Waals surface area contributed by atoms with E-state index in [4.69, 9.17) is 5.73 Å². The predicted molar refractivity (Wildman–Crippen MR) is 72.1 cm³/mol. The van der Waals surface area contributed by atoms with Crippen molar-refractivity contribution < 1.29 is 8.78 Å². The third-order valence-electron chi connectivity index (χ3n) is 3.09. The second-order valence-electron chi connectivity index (χ2n) is 4.65. The molecule has 2 heterocycles. The van der Waals surface area contributed by atoms with Gasteiger partial charge in [0.15, 0.2) is 5.65 Å². The summed E-state index contributed by atoms with van der Waals surface area (Å²) in [5.74, 6) is -0.755. The van der Waals surface area contributed by atoms with Gasteiger partial charge >= 0.3 is 0 Å². The normalized spacial score (nSPS) is 11.2. The molecule has 0 aliphatic carbocycles. The molecule has 0 fully saturated rings. The molecule has 0 spiro atoms. The maximum atomic E-state index is 13.7. The molecule has 0 unspecified atom stereocenters. The van der Waals surface area contributed by atoms with E-state index >= 15 is 0 Å². The van der Waals surface area contributed by atoms with E-state index in [1.54, 1.807) is 10.8 Å². The second kappa shape index (κ2) is 4.56. The third-order valence-corrected chi connectivity index (χ3v) is 3.09. The Kier molecular flexibility index (Phi) is 2.85. The van der Waals surface area contributed by atoms with Crippen LogP contribution in [0.3, 0.4) is 0 Å². The average molecular weight is 274 g/mol. The molecule has 102 valence electrons. The van der Waals surface area contributed by atoms with Crippen molar-refractivity contribution in [3.05, 3.63) is 53.2 Å². The SMILES string of the molecule is Cc1cnc2c(c1)nc(N)n2Cc1cc(F)ccc1F. The van der Waals surface area contributed by atoms with Gasteiger partial charge in [0, 0.05) is 11.8 Å². The van der Waals surface area contributed by atoms with Crippen molar-refractivity contribution in [3.8, 4) is 0 Å². The van der Waals surface area contributed by atoms with E-state index in [1.165, 1.54) is 0 Å². The van der Waals surface area contributed by atoms with E-state index in [0.717, 1.165) is 23.8 Å². The molecule has 20 heavy (non-hydrogen) atoms. The van der Waals surface area contributed by atoms with Crippen molar-refractivity contribution in [2.75, 3.05) is 5.73 Å². The molecule has 2 N–H and O–H groups in total. The Balaban J connectivity index is 2.10. The number of hydrogen-bond acceptors (Lipinski definition) is 3. The van der Waals surface area contributed by atoms with Crippen LogP contribution < -0.4 is 5.73 Å². The van der Waals surface area contributed by atoms with E-state index in [9.17, 15) is 8.78 Å². The molecule has 0 bridgehead atoms. The minimum atomic E-state index is -0.492. The van der Waals surface area contributed by atoms with Gasteiger partial charge in [-0.1, -0.05) is 0 Å². The smallest absolute Gasteiger partial charge is 0.202 e. The fourth-order valence-electron chi connectivity index (χ4n) is 2.12. The summed E-state index contributed by atoms with van der Waals surface area (Å²) in [4.78, 5) is 8.44. The third kappa shape index (κ3) is 2.09. The zero-order valence-electron chi connectivity index (χ0n) is 10.8. The van der Waals surface area contributed by atoms with Crippen molar-refractivity contribution >= 4 is 17.1 Å². The molecule has 0 aliphatic heterocycles. The quantitative estimate of drug-likeness (QED) is 0.781. The molecule has 3 aromatic rings. The number of hydrogen-bond donors (Lipinski definition) is 1. The number of nitrogen functional groups attached to an aromatic ring is 1. The highest BCUT2D eigenvalue weighted by Crippen LogP contribution is 2.20. The number of nitrogens with two attached hydrogens (primary N) is 1. The number of benzene rings is 1. The Morgan fingerprint density at radius 3 is 2.85 bits per heavy atom. The van der Waals surface area contributed by atoms with E-state index < -0.39 is 11.6 Å². The van der Waals surface area contributed by atoms with Gasteiger partial charge in [-0.2, -0.15) is 0 Å². The van der Waals surface area contributed by atoms with Gasteiger partial charge in [-0.15, -0.1) is 0 Å². The van der Waals surface area contributed by atoms with Gasteiger partial charge in [-0.3, -0.25) is 4.57 Å². The number of fused-ring (bicyclic) bond motifs is 1. The van der Waals surface area contributed by atoms with Gasteiger partial charge in [0.25, 0.3) is 0 Å². The van der Waals surface area contributed by atoms with Crippen molar-refractivity contribution in [1.29, 1.82) is 0 Å². The van der Waals surface area contributed by atoms with Crippen LogP contribution in [0.1, 0.15) is 11.1 Å². The minimum Gasteiger partial charge on any atom is -0.369 e. The summed E-state index contributed by atoms with van der Waals surface area (Å²) in [6.45, 7) is 1.98. The monoisotopic (exact) mass is 274 g/mol. The van der Waals surface area contributed by atoms with Crippen molar-refractivity contribution in [3.63, 3.8) is 0 Å². The molecular weight excluding hydrogens is 262 g/mol. The molecule has 0 atom stereocenters. The molecule has 4 nitrogen and oxygen atoms in total. The van der Waals surface area contributed by atoms with Crippen molar-refractivity contribution in [1.82, 2.24) is 14.5 Å². The predicted octanol–water partition coefficient (Wildman–Crippen LogP) is 2.65. The molecule has 3 rings (SSSR count). The lowest BCUT2D eigenvalue weighted by Gasteiger charge is -2.07. The van der Waals surface area contributed by atoms with Crippen molar-refractivity contribution in [2.24, 2.45) is 0 Å². The fourth-order valence-corrected chi connectivity index (χ4v) is 2.12. The maximum Gasteiger partial charge on any atom is 0.202 e. The Morgan fingerprint density at radius 2 is 2.05 bits per heavy atom. The molecular formula is C14H12F2N4. The summed E-state index contributed by atoms with van der Waals surface area (Å²) in [6, 6.07) is 5.17. The van der Waals surface area contributed by atoms with Crippen LogP contribution in [0.4, 0.5) is 14.7 Å². The summed E-state index contributed by atoms with van der Waals surface area (Å²) < 4.78 is 28.5. The van der Waals surface area contributed by atoms with E-state index in [1.807, 2.05) is 13.0 Å². The highest BCUT2D eigenvalue weighted by Gasteiger charge is 2.12. The number of aromatic nitrogens is 3. The molecule has 0 saturated carbocycles. The molecule has 0 amide bonds. The molecule has 0 saturated heterocycles. The summed E-state index contributed by atoms with van der Waals surface area (Å²) in [6.07, 6.45) is 1.68. The van der Waals surface area contributed by atoms with Crippen LogP contribution in [0.25, 0.3) is 11.2 Å². The average Bonchev–Trinajstić information content (AvgIpc) is 2.69. The summed E-state index contributed by atoms with van der Waals surface area (Å²) in [5, 5.41) is 0. The van der Waals surface area contributed by atoms with Crippen LogP contribution in [-0.4, -0.2) is 14.5 Å². The number of imidazole rings is 1. The Bertz CT molecular complexity index is 795. The van der Waals surface area contributed by atoms with Gasteiger partial charge in [0.2, 0.25) is 5.95 Å². The number of rotatable bonds is 2. The van der Waals surface area contributed by atoms with Crippen LogP contribution >= 0.6 is 0 Å². The highest BCUT2D eigenvalue weighted by atomic mass is 19.1. The lowest BCUT2D eigenvalue weighted by molar-refractivity contribution is 0.579. The highest BCUT2D eigenvalue weighted by molar-refractivity contribution is 5.74. The first kappa shape index (κ1) is 12.5. The van der Waals surface area contributed by atoms with Gasteiger partial charge in [-0.25, -0.2) is 18.7 Å². The standard InChI is InChI=1S/C14H12F2N4/c1-8-4-12-13(18-6-8)20(14(17)19-12)7-9-5-10(15)2-3-11(9)16/h2-6H,7H2,1H3,(H2,17,19). The summed E-state index contributed by atoms with van der Waals surface area (Å²) >= 11 is 0. The molecule has 0 aliphatic rings. The lowest BCUT2D eigenvalue weighted by Crippen LogP contribution is -2.07. The minimum absolute atomic E-state index is 0.0853. The van der Waals surface area contributed by atoms with Gasteiger partial charge in [0.1, 0.15) is 17.2 Å². The van der Waals surface area contributed by atoms with Crippen LogP contribution in [0.15, 0.2) is 30.5 Å². The molecule has 2 aromatic heterocycles. The second-order valence-corrected chi connectivity index (χ2v) is 4.65. The van der Waals surface area contributed by atoms with Gasteiger partial charge in [-0.05, 0) is 36.8 Å². The van der Waals surface area contributed by atoms with Crippen LogP contribution in [0.2, 0.25) is 0 Å². The lowest BCUT2D eigenvalue weighted by atomic mass is 10.2. The maximum absolute atomic E-state index is 13.7. The van der Waals surface area contributed by atoms with E-state index in [2.05, 4.69) is 9.97 Å². The topological polar surface area (TPSA) is 56.7 Å². The first-order chi connectivity index (χ1) is 9.54. The Hall–Kier alpha value is -2.50. The van der Waals surface area contributed by atoms with Gasteiger partial charge < -0.3 is 5.73 Å².